The fourth-order valence-electron chi connectivity index (χ4n) is 1.15. The minimum absolute atomic E-state index is 0.114. The van der Waals surface area contributed by atoms with Gasteiger partial charge in [-0.25, -0.2) is 9.37 Å². The number of benzene rings is 1. The van der Waals surface area contributed by atoms with Gasteiger partial charge in [0.2, 0.25) is 5.28 Å². The third-order valence-electron chi connectivity index (χ3n) is 1.90. The molecule has 1 aromatic heterocycles. The Morgan fingerprint density at radius 1 is 1.24 bits per heavy atom. The van der Waals surface area contributed by atoms with Gasteiger partial charge in [-0.2, -0.15) is 4.98 Å². The van der Waals surface area contributed by atoms with Gasteiger partial charge in [-0.1, -0.05) is 0 Å². The molecule has 0 saturated carbocycles. The molecule has 2 rings (SSSR count). The molecular weight excluding hydrogens is 376 g/mol. The maximum Gasteiger partial charge on any atom is 0.224 e. The largest absolute Gasteiger partial charge is 0.338 e. The van der Waals surface area contributed by atoms with Crippen molar-refractivity contribution in [1.29, 1.82) is 0 Å². The van der Waals surface area contributed by atoms with E-state index in [2.05, 4.69) is 47.1 Å². The van der Waals surface area contributed by atoms with E-state index in [0.29, 0.717) is 16.0 Å². The van der Waals surface area contributed by atoms with Crippen molar-refractivity contribution < 1.29 is 4.39 Å². The van der Waals surface area contributed by atoms with Crippen LogP contribution in [0.1, 0.15) is 0 Å². The topological polar surface area (TPSA) is 37.8 Å². The van der Waals surface area contributed by atoms with E-state index in [4.69, 9.17) is 11.6 Å². The van der Waals surface area contributed by atoms with E-state index in [1.165, 1.54) is 18.3 Å². The number of halogens is 4. The minimum Gasteiger partial charge on any atom is -0.338 e. The molecule has 17 heavy (non-hydrogen) atoms. The molecule has 88 valence electrons. The molecule has 0 unspecified atom stereocenters. The van der Waals surface area contributed by atoms with E-state index < -0.39 is 0 Å². The second-order valence-corrected chi connectivity index (χ2v) is 5.13. The molecule has 2 aromatic rings. The van der Waals surface area contributed by atoms with Crippen molar-refractivity contribution in [1.82, 2.24) is 9.97 Å². The molecule has 0 fully saturated rings. The molecular formula is C10H5Br2ClFN3. The molecule has 0 saturated heterocycles. The van der Waals surface area contributed by atoms with E-state index >= 15 is 0 Å². The molecule has 0 radical (unpaired) electrons. The molecule has 0 atom stereocenters. The van der Waals surface area contributed by atoms with Gasteiger partial charge in [-0.05, 0) is 61.7 Å². The van der Waals surface area contributed by atoms with Gasteiger partial charge < -0.3 is 5.32 Å². The van der Waals surface area contributed by atoms with Crippen molar-refractivity contribution >= 4 is 55.0 Å². The molecule has 0 aliphatic rings. The predicted octanol–water partition coefficient (Wildman–Crippen LogP) is 4.54. The summed E-state index contributed by atoms with van der Waals surface area (Å²) in [5.41, 5.74) is 0.556. The number of rotatable bonds is 2. The maximum absolute atomic E-state index is 13.1. The Morgan fingerprint density at radius 2 is 2.00 bits per heavy atom. The fourth-order valence-corrected chi connectivity index (χ4v) is 1.92. The van der Waals surface area contributed by atoms with Crippen LogP contribution in [0, 0.1) is 5.82 Å². The van der Waals surface area contributed by atoms with Crippen molar-refractivity contribution in [2.75, 3.05) is 5.32 Å². The highest BCUT2D eigenvalue weighted by Gasteiger charge is 2.07. The first-order chi connectivity index (χ1) is 8.06. The lowest BCUT2D eigenvalue weighted by Crippen LogP contribution is -1.97. The van der Waals surface area contributed by atoms with Crippen LogP contribution in [0.3, 0.4) is 0 Å². The third kappa shape index (κ3) is 3.14. The van der Waals surface area contributed by atoms with Gasteiger partial charge in [-0.15, -0.1) is 0 Å². The van der Waals surface area contributed by atoms with Gasteiger partial charge >= 0.3 is 0 Å². The van der Waals surface area contributed by atoms with Crippen LogP contribution in [-0.4, -0.2) is 9.97 Å². The van der Waals surface area contributed by atoms with E-state index in [1.807, 2.05) is 0 Å². The summed E-state index contributed by atoms with van der Waals surface area (Å²) in [6.07, 6.45) is 1.52. The van der Waals surface area contributed by atoms with E-state index in [1.54, 1.807) is 6.07 Å². The number of aromatic nitrogens is 2. The molecule has 0 amide bonds. The highest BCUT2D eigenvalue weighted by Crippen LogP contribution is 2.29. The van der Waals surface area contributed by atoms with Crippen LogP contribution in [0.5, 0.6) is 0 Å². The van der Waals surface area contributed by atoms with E-state index in [9.17, 15) is 4.39 Å². The second-order valence-electron chi connectivity index (χ2n) is 3.08. The summed E-state index contributed by atoms with van der Waals surface area (Å²) in [4.78, 5) is 7.79. The van der Waals surface area contributed by atoms with Crippen LogP contribution in [0.2, 0.25) is 5.28 Å². The summed E-state index contributed by atoms with van der Waals surface area (Å²) in [6.45, 7) is 0. The Balaban J connectivity index is 2.37. The number of nitrogens with zero attached hydrogens (tertiary/aromatic N) is 2. The van der Waals surface area contributed by atoms with Crippen molar-refractivity contribution in [2.45, 2.75) is 0 Å². The Morgan fingerprint density at radius 3 is 2.76 bits per heavy atom. The Kier molecular flexibility index (Phi) is 3.96. The normalized spacial score (nSPS) is 10.4. The van der Waals surface area contributed by atoms with Crippen molar-refractivity contribution in [3.8, 4) is 0 Å². The average molecular weight is 381 g/mol. The van der Waals surface area contributed by atoms with Crippen LogP contribution in [-0.2, 0) is 0 Å². The van der Waals surface area contributed by atoms with Crippen LogP contribution < -0.4 is 5.32 Å². The molecule has 0 bridgehead atoms. The molecule has 1 N–H and O–H groups in total. The van der Waals surface area contributed by atoms with E-state index in [0.717, 1.165) is 4.47 Å². The predicted molar refractivity (Wildman–Crippen MR) is 72.1 cm³/mol. The zero-order valence-electron chi connectivity index (χ0n) is 8.22. The molecule has 0 aliphatic heterocycles. The molecule has 3 nitrogen and oxygen atoms in total. The summed E-state index contributed by atoms with van der Waals surface area (Å²) in [7, 11) is 0. The number of hydrogen-bond donors (Lipinski definition) is 1. The first kappa shape index (κ1) is 12.7. The molecule has 0 spiro atoms. The third-order valence-corrected chi connectivity index (χ3v) is 3.35. The molecule has 7 heteroatoms. The number of anilines is 2. The van der Waals surface area contributed by atoms with Crippen molar-refractivity contribution in [3.63, 3.8) is 0 Å². The fraction of sp³-hybridized carbons (Fsp3) is 0. The van der Waals surface area contributed by atoms with Gasteiger partial charge in [0.1, 0.15) is 11.6 Å². The zero-order chi connectivity index (χ0) is 12.4. The maximum atomic E-state index is 13.1. The molecule has 1 heterocycles. The Bertz CT molecular complexity index is 516. The summed E-state index contributed by atoms with van der Waals surface area (Å²) in [5.74, 6) is 0.128. The first-order valence-corrected chi connectivity index (χ1v) is 6.43. The summed E-state index contributed by atoms with van der Waals surface area (Å²) < 4.78 is 14.5. The van der Waals surface area contributed by atoms with Crippen LogP contribution in [0.25, 0.3) is 0 Å². The van der Waals surface area contributed by atoms with E-state index in [-0.39, 0.29) is 11.1 Å². The summed E-state index contributed by atoms with van der Waals surface area (Å²) in [6, 6.07) is 4.32. The average Bonchev–Trinajstić information content (AvgIpc) is 2.28. The highest BCUT2D eigenvalue weighted by atomic mass is 79.9. The standard InChI is InChI=1S/C10H5Br2ClFN3/c11-6-2-1-5(14)3-8(6)16-9-7(12)4-15-10(13)17-9/h1-4H,(H,15,16,17). The zero-order valence-corrected chi connectivity index (χ0v) is 12.1. The van der Waals surface area contributed by atoms with Crippen LogP contribution >= 0.6 is 43.5 Å². The smallest absolute Gasteiger partial charge is 0.224 e. The van der Waals surface area contributed by atoms with Crippen molar-refractivity contribution in [3.05, 3.63) is 44.4 Å². The van der Waals surface area contributed by atoms with Gasteiger partial charge in [0.25, 0.3) is 0 Å². The quantitative estimate of drug-likeness (QED) is 0.777. The van der Waals surface area contributed by atoms with Crippen molar-refractivity contribution in [2.24, 2.45) is 0 Å². The van der Waals surface area contributed by atoms with Gasteiger partial charge in [0.15, 0.2) is 0 Å². The highest BCUT2D eigenvalue weighted by molar-refractivity contribution is 9.11. The van der Waals surface area contributed by atoms with Crippen LogP contribution in [0.4, 0.5) is 15.9 Å². The van der Waals surface area contributed by atoms with Crippen LogP contribution in [0.15, 0.2) is 33.3 Å². The lowest BCUT2D eigenvalue weighted by Gasteiger charge is -2.09. The molecule has 0 aliphatic carbocycles. The van der Waals surface area contributed by atoms with Gasteiger partial charge in [0.05, 0.1) is 10.2 Å². The number of nitrogens with one attached hydrogen (secondary N) is 1. The Hall–Kier alpha value is -0.720. The number of hydrogen-bond acceptors (Lipinski definition) is 3. The monoisotopic (exact) mass is 379 g/mol. The van der Waals surface area contributed by atoms with Gasteiger partial charge in [0, 0.05) is 10.7 Å². The van der Waals surface area contributed by atoms with Gasteiger partial charge in [-0.3, -0.25) is 0 Å². The first-order valence-electron chi connectivity index (χ1n) is 4.46. The summed E-state index contributed by atoms with van der Waals surface area (Å²) >= 11 is 12.3. The summed E-state index contributed by atoms with van der Waals surface area (Å²) in [5, 5.41) is 3.07. The Labute approximate surface area is 119 Å². The minimum atomic E-state index is -0.341. The molecule has 1 aromatic carbocycles. The lowest BCUT2D eigenvalue weighted by molar-refractivity contribution is 0.628. The second kappa shape index (κ2) is 5.29. The lowest BCUT2D eigenvalue weighted by atomic mass is 10.3. The SMILES string of the molecule is Fc1ccc(Br)c(Nc2nc(Cl)ncc2Br)c1.